The summed E-state index contributed by atoms with van der Waals surface area (Å²) in [6, 6.07) is 5.57. The molecule has 0 bridgehead atoms. The van der Waals surface area contributed by atoms with E-state index in [9.17, 15) is 5.11 Å². The molecule has 1 aromatic carbocycles. The zero-order valence-corrected chi connectivity index (χ0v) is 9.19. The lowest BCUT2D eigenvalue weighted by molar-refractivity contribution is -0.0483. The van der Waals surface area contributed by atoms with Crippen LogP contribution in [0.25, 0.3) is 0 Å². The van der Waals surface area contributed by atoms with Gasteiger partial charge in [0.15, 0.2) is 0 Å². The molecule has 0 saturated carbocycles. The molecule has 2 heterocycles. The highest BCUT2D eigenvalue weighted by Crippen LogP contribution is 2.42. The second-order valence-electron chi connectivity index (χ2n) is 4.51. The molecule has 0 amide bonds. The van der Waals surface area contributed by atoms with E-state index >= 15 is 0 Å². The lowest BCUT2D eigenvalue weighted by Crippen LogP contribution is -2.64. The van der Waals surface area contributed by atoms with Gasteiger partial charge >= 0.3 is 0 Å². The first-order chi connectivity index (χ1) is 7.72. The zero-order valence-electron chi connectivity index (χ0n) is 9.19. The lowest BCUT2D eigenvalue weighted by atomic mass is 9.84. The van der Waals surface area contributed by atoms with Crippen molar-refractivity contribution in [3.63, 3.8) is 0 Å². The van der Waals surface area contributed by atoms with E-state index in [0.717, 1.165) is 30.2 Å². The molecule has 2 aliphatic rings. The number of nitrogens with one attached hydrogen (secondary N) is 1. The van der Waals surface area contributed by atoms with Crippen molar-refractivity contribution in [2.75, 3.05) is 20.2 Å². The van der Waals surface area contributed by atoms with Crippen LogP contribution in [-0.4, -0.2) is 30.9 Å². The van der Waals surface area contributed by atoms with E-state index < -0.39 is 6.10 Å². The van der Waals surface area contributed by atoms with Crippen molar-refractivity contribution in [1.29, 1.82) is 0 Å². The number of benzene rings is 1. The van der Waals surface area contributed by atoms with E-state index in [-0.39, 0.29) is 5.60 Å². The van der Waals surface area contributed by atoms with Crippen molar-refractivity contribution < 1.29 is 14.6 Å². The Bertz CT molecular complexity index is 415. The molecule has 1 aromatic rings. The molecule has 4 heteroatoms. The minimum absolute atomic E-state index is 0.210. The first kappa shape index (κ1) is 9.93. The van der Waals surface area contributed by atoms with Gasteiger partial charge in [-0.25, -0.2) is 0 Å². The van der Waals surface area contributed by atoms with Crippen LogP contribution in [0.4, 0.5) is 0 Å². The largest absolute Gasteiger partial charge is 0.497 e. The predicted molar refractivity (Wildman–Crippen MR) is 58.8 cm³/mol. The Morgan fingerprint density at radius 3 is 2.94 bits per heavy atom. The summed E-state index contributed by atoms with van der Waals surface area (Å²) >= 11 is 0. The third kappa shape index (κ3) is 1.37. The highest BCUT2D eigenvalue weighted by Gasteiger charge is 2.45. The summed E-state index contributed by atoms with van der Waals surface area (Å²) in [6.45, 7) is 1.61. The van der Waals surface area contributed by atoms with Crippen LogP contribution in [0.5, 0.6) is 11.5 Å². The molecule has 86 valence electrons. The van der Waals surface area contributed by atoms with Gasteiger partial charge < -0.3 is 19.9 Å². The number of hydrogen-bond donors (Lipinski definition) is 2. The fourth-order valence-electron chi connectivity index (χ4n) is 2.36. The second kappa shape index (κ2) is 3.37. The molecule has 1 spiro atoms. The van der Waals surface area contributed by atoms with Crippen LogP contribution in [0, 0.1) is 0 Å². The number of rotatable bonds is 1. The molecule has 16 heavy (non-hydrogen) atoms. The molecule has 2 aliphatic heterocycles. The topological polar surface area (TPSA) is 50.7 Å². The Morgan fingerprint density at radius 2 is 2.31 bits per heavy atom. The van der Waals surface area contributed by atoms with Crippen LogP contribution in [-0.2, 0) is 0 Å². The maximum Gasteiger partial charge on any atom is 0.136 e. The standard InChI is InChI=1S/C12H15NO3/c1-15-8-2-3-9-10(14)5-12(6-13-7-12)16-11(9)4-8/h2-4,10,13-14H,5-7H2,1H3/t10-/m0/s1. The second-order valence-corrected chi connectivity index (χ2v) is 4.51. The van der Waals surface area contributed by atoms with E-state index in [0.29, 0.717) is 6.42 Å². The van der Waals surface area contributed by atoms with Crippen LogP contribution in [0.15, 0.2) is 18.2 Å². The zero-order chi connectivity index (χ0) is 11.2. The van der Waals surface area contributed by atoms with Gasteiger partial charge in [0, 0.05) is 31.1 Å². The van der Waals surface area contributed by atoms with E-state index in [1.54, 1.807) is 7.11 Å². The third-order valence-electron chi connectivity index (χ3n) is 3.37. The normalized spacial score (nSPS) is 25.5. The fraction of sp³-hybridized carbons (Fsp3) is 0.500. The average Bonchev–Trinajstić information content (AvgIpc) is 2.26. The maximum atomic E-state index is 10.1. The monoisotopic (exact) mass is 221 g/mol. The van der Waals surface area contributed by atoms with Crippen molar-refractivity contribution in [3.8, 4) is 11.5 Å². The van der Waals surface area contributed by atoms with Crippen molar-refractivity contribution in [1.82, 2.24) is 5.32 Å². The Morgan fingerprint density at radius 1 is 1.50 bits per heavy atom. The summed E-state index contributed by atoms with van der Waals surface area (Å²) in [5, 5.41) is 13.3. The number of methoxy groups -OCH3 is 1. The van der Waals surface area contributed by atoms with Crippen molar-refractivity contribution in [3.05, 3.63) is 23.8 Å². The van der Waals surface area contributed by atoms with Crippen LogP contribution in [0.2, 0.25) is 0 Å². The minimum Gasteiger partial charge on any atom is -0.497 e. The lowest BCUT2D eigenvalue weighted by Gasteiger charge is -2.47. The van der Waals surface area contributed by atoms with E-state index in [2.05, 4.69) is 5.32 Å². The summed E-state index contributed by atoms with van der Waals surface area (Å²) in [6.07, 6.45) is 0.232. The highest BCUT2D eigenvalue weighted by atomic mass is 16.5. The van der Waals surface area contributed by atoms with Gasteiger partial charge in [0.2, 0.25) is 0 Å². The molecule has 1 fully saturated rings. The van der Waals surface area contributed by atoms with Gasteiger partial charge in [-0.15, -0.1) is 0 Å². The maximum absolute atomic E-state index is 10.1. The van der Waals surface area contributed by atoms with Gasteiger partial charge in [0.25, 0.3) is 0 Å². The minimum atomic E-state index is -0.434. The summed E-state index contributed by atoms with van der Waals surface area (Å²) in [4.78, 5) is 0. The van der Waals surface area contributed by atoms with Crippen LogP contribution < -0.4 is 14.8 Å². The Kier molecular flexibility index (Phi) is 2.09. The van der Waals surface area contributed by atoms with Gasteiger partial charge in [-0.05, 0) is 12.1 Å². The first-order valence-electron chi connectivity index (χ1n) is 5.48. The van der Waals surface area contributed by atoms with E-state index in [4.69, 9.17) is 9.47 Å². The summed E-state index contributed by atoms with van der Waals surface area (Å²) < 4.78 is 11.1. The molecule has 1 saturated heterocycles. The molecule has 2 N–H and O–H groups in total. The Hall–Kier alpha value is -1.26. The summed E-state index contributed by atoms with van der Waals surface area (Å²) in [5.74, 6) is 1.51. The van der Waals surface area contributed by atoms with Crippen molar-refractivity contribution in [2.24, 2.45) is 0 Å². The van der Waals surface area contributed by atoms with Gasteiger partial charge in [-0.2, -0.15) is 0 Å². The first-order valence-corrected chi connectivity index (χ1v) is 5.48. The van der Waals surface area contributed by atoms with Gasteiger partial charge in [-0.1, -0.05) is 0 Å². The van der Waals surface area contributed by atoms with Crippen LogP contribution >= 0.6 is 0 Å². The highest BCUT2D eigenvalue weighted by molar-refractivity contribution is 5.44. The van der Waals surface area contributed by atoms with E-state index in [1.165, 1.54) is 0 Å². The SMILES string of the molecule is COc1ccc2c(c1)OC1(CNC1)C[C@@H]2O. The Labute approximate surface area is 94.2 Å². The van der Waals surface area contributed by atoms with Gasteiger partial charge in [0.05, 0.1) is 13.2 Å². The molecule has 4 nitrogen and oxygen atoms in total. The smallest absolute Gasteiger partial charge is 0.136 e. The quantitative estimate of drug-likeness (QED) is 0.738. The molecular weight excluding hydrogens is 206 g/mol. The number of hydrogen-bond acceptors (Lipinski definition) is 4. The van der Waals surface area contributed by atoms with Gasteiger partial charge in [0.1, 0.15) is 17.1 Å². The number of aliphatic hydroxyl groups excluding tert-OH is 1. The molecule has 0 unspecified atom stereocenters. The predicted octanol–water partition coefficient (Wildman–Crippen LogP) is 0.853. The number of fused-ring (bicyclic) bond motifs is 1. The fourth-order valence-corrected chi connectivity index (χ4v) is 2.36. The van der Waals surface area contributed by atoms with Crippen molar-refractivity contribution >= 4 is 0 Å². The van der Waals surface area contributed by atoms with E-state index in [1.807, 2.05) is 18.2 Å². The molecule has 0 aromatic heterocycles. The van der Waals surface area contributed by atoms with Gasteiger partial charge in [-0.3, -0.25) is 0 Å². The third-order valence-corrected chi connectivity index (χ3v) is 3.37. The number of aliphatic hydroxyl groups is 1. The summed E-state index contributed by atoms with van der Waals surface area (Å²) in [7, 11) is 1.63. The van der Waals surface area contributed by atoms with Crippen LogP contribution in [0.1, 0.15) is 18.1 Å². The molecular formula is C12H15NO3. The van der Waals surface area contributed by atoms with Crippen LogP contribution in [0.3, 0.4) is 0 Å². The molecule has 0 aliphatic carbocycles. The molecule has 3 rings (SSSR count). The molecule has 1 atom stereocenters. The summed E-state index contributed by atoms with van der Waals surface area (Å²) in [5.41, 5.74) is 0.650. The average molecular weight is 221 g/mol. The Balaban J connectivity index is 1.98. The van der Waals surface area contributed by atoms with Crippen molar-refractivity contribution in [2.45, 2.75) is 18.1 Å². The number of ether oxygens (including phenoxy) is 2. The molecule has 0 radical (unpaired) electrons.